The van der Waals surface area contributed by atoms with Crippen LogP contribution in [0.4, 0.5) is 0 Å². The van der Waals surface area contributed by atoms with Crippen molar-refractivity contribution in [3.63, 3.8) is 0 Å². The molecule has 0 spiro atoms. The van der Waals surface area contributed by atoms with Crippen LogP contribution in [-0.2, 0) is 14.3 Å². The second-order valence-corrected chi connectivity index (χ2v) is 10.9. The first-order valence-corrected chi connectivity index (χ1v) is 11.0. The van der Waals surface area contributed by atoms with Crippen molar-refractivity contribution in [3.05, 3.63) is 23.8 Å². The number of hydrogen-bond donors (Lipinski definition) is 0. The van der Waals surface area contributed by atoms with Crippen molar-refractivity contribution in [1.82, 2.24) is 0 Å². The molecule has 0 N–H and O–H groups in total. The number of hydrogen-bond acceptors (Lipinski definition) is 5. The second kappa shape index (κ2) is 7.37. The number of benzene rings is 1. The van der Waals surface area contributed by atoms with E-state index in [2.05, 4.69) is 27.7 Å². The molecular formula is C25H34O5. The van der Waals surface area contributed by atoms with Gasteiger partial charge in [0, 0.05) is 18.8 Å². The van der Waals surface area contributed by atoms with Gasteiger partial charge in [0.2, 0.25) is 0 Å². The van der Waals surface area contributed by atoms with Crippen LogP contribution in [0.25, 0.3) is 0 Å². The first-order valence-electron chi connectivity index (χ1n) is 11.0. The Bertz CT molecular complexity index is 813. The summed E-state index contributed by atoms with van der Waals surface area (Å²) >= 11 is 0. The summed E-state index contributed by atoms with van der Waals surface area (Å²) in [4.78, 5) is 26.7. The van der Waals surface area contributed by atoms with Gasteiger partial charge in [-0.2, -0.15) is 0 Å². The molecule has 1 heterocycles. The Labute approximate surface area is 179 Å². The standard InChI is InChI=1S/C25H34O5/c1-24(2)10-15(26)22-19(12-24)30-20-13-25(3,4)11-16(27)23(20)21(22)14-7-8-17(28-5)18(9-14)29-6/h7-9,19-23H,10-13H2,1-6H3. The molecule has 1 saturated heterocycles. The van der Waals surface area contributed by atoms with Crippen molar-refractivity contribution in [3.8, 4) is 11.5 Å². The highest BCUT2D eigenvalue weighted by molar-refractivity contribution is 5.89. The number of fused-ring (bicyclic) bond motifs is 2. The first kappa shape index (κ1) is 21.4. The third-order valence-electron chi connectivity index (χ3n) is 7.27. The molecule has 5 heteroatoms. The van der Waals surface area contributed by atoms with Gasteiger partial charge >= 0.3 is 0 Å². The van der Waals surface area contributed by atoms with Crippen LogP contribution in [-0.4, -0.2) is 38.0 Å². The van der Waals surface area contributed by atoms with Gasteiger partial charge in [0.15, 0.2) is 11.5 Å². The summed E-state index contributed by atoms with van der Waals surface area (Å²) in [7, 11) is 3.22. The highest BCUT2D eigenvalue weighted by Crippen LogP contribution is 2.55. The highest BCUT2D eigenvalue weighted by Gasteiger charge is 2.57. The number of ketones is 2. The largest absolute Gasteiger partial charge is 0.493 e. The van der Waals surface area contributed by atoms with E-state index in [1.807, 2.05) is 18.2 Å². The molecule has 0 aromatic heterocycles. The zero-order valence-electron chi connectivity index (χ0n) is 19.0. The minimum atomic E-state index is -0.289. The van der Waals surface area contributed by atoms with E-state index in [1.165, 1.54) is 0 Å². The van der Waals surface area contributed by atoms with Gasteiger partial charge in [-0.3, -0.25) is 9.59 Å². The number of rotatable bonds is 3. The van der Waals surface area contributed by atoms with Gasteiger partial charge in [-0.25, -0.2) is 0 Å². The molecule has 3 aliphatic rings. The number of methoxy groups -OCH3 is 2. The van der Waals surface area contributed by atoms with Crippen LogP contribution in [0.3, 0.4) is 0 Å². The summed E-state index contributed by atoms with van der Waals surface area (Å²) in [6.07, 6.45) is 2.43. The average molecular weight is 415 g/mol. The van der Waals surface area contributed by atoms with E-state index in [0.717, 1.165) is 18.4 Å². The summed E-state index contributed by atoms with van der Waals surface area (Å²) in [6, 6.07) is 5.82. The summed E-state index contributed by atoms with van der Waals surface area (Å²) in [5.74, 6) is 0.945. The summed E-state index contributed by atoms with van der Waals surface area (Å²) < 4.78 is 17.5. The van der Waals surface area contributed by atoms with Gasteiger partial charge in [0.25, 0.3) is 0 Å². The van der Waals surface area contributed by atoms with E-state index >= 15 is 0 Å². The van der Waals surface area contributed by atoms with Crippen LogP contribution < -0.4 is 9.47 Å². The van der Waals surface area contributed by atoms with Crippen molar-refractivity contribution in [1.29, 1.82) is 0 Å². The highest BCUT2D eigenvalue weighted by atomic mass is 16.5. The van der Waals surface area contributed by atoms with E-state index in [0.29, 0.717) is 24.3 Å². The summed E-state index contributed by atoms with van der Waals surface area (Å²) in [5, 5.41) is 0. The molecule has 164 valence electrons. The minimum Gasteiger partial charge on any atom is -0.493 e. The van der Waals surface area contributed by atoms with Gasteiger partial charge in [0.1, 0.15) is 11.6 Å². The molecule has 0 bridgehead atoms. The van der Waals surface area contributed by atoms with Crippen LogP contribution in [0.15, 0.2) is 18.2 Å². The number of ether oxygens (including phenoxy) is 3. The van der Waals surface area contributed by atoms with Gasteiger partial charge in [-0.1, -0.05) is 33.8 Å². The van der Waals surface area contributed by atoms with Gasteiger partial charge < -0.3 is 14.2 Å². The zero-order chi connectivity index (χ0) is 21.8. The lowest BCUT2D eigenvalue weighted by Gasteiger charge is -2.54. The van der Waals surface area contributed by atoms with Crippen molar-refractivity contribution < 1.29 is 23.8 Å². The van der Waals surface area contributed by atoms with Gasteiger partial charge in [-0.05, 0) is 41.4 Å². The molecular weight excluding hydrogens is 380 g/mol. The zero-order valence-corrected chi connectivity index (χ0v) is 19.0. The molecule has 1 aromatic rings. The maximum atomic E-state index is 13.4. The lowest BCUT2D eigenvalue weighted by atomic mass is 9.56. The van der Waals surface area contributed by atoms with Crippen LogP contribution in [0, 0.1) is 22.7 Å². The summed E-state index contributed by atoms with van der Waals surface area (Å²) in [5.41, 5.74) is 0.810. The third-order valence-corrected chi connectivity index (χ3v) is 7.27. The quantitative estimate of drug-likeness (QED) is 0.725. The Balaban J connectivity index is 1.81. The third kappa shape index (κ3) is 3.66. The van der Waals surface area contributed by atoms with Gasteiger partial charge in [0.05, 0.1) is 38.3 Å². The minimum absolute atomic E-state index is 0.0819. The van der Waals surface area contributed by atoms with Crippen molar-refractivity contribution >= 4 is 11.6 Å². The molecule has 1 aliphatic heterocycles. The Morgan fingerprint density at radius 1 is 0.800 bits per heavy atom. The fourth-order valence-electron chi connectivity index (χ4n) is 6.13. The smallest absolute Gasteiger partial charge is 0.160 e. The molecule has 2 saturated carbocycles. The molecule has 0 radical (unpaired) electrons. The van der Waals surface area contributed by atoms with Crippen LogP contribution in [0.5, 0.6) is 11.5 Å². The van der Waals surface area contributed by atoms with E-state index in [1.54, 1.807) is 14.2 Å². The van der Waals surface area contributed by atoms with E-state index in [9.17, 15) is 9.59 Å². The fourth-order valence-corrected chi connectivity index (χ4v) is 6.13. The number of Topliss-reactive ketones (excluding diaryl/α,β-unsaturated/α-hetero) is 2. The molecule has 0 amide bonds. The van der Waals surface area contributed by atoms with Crippen molar-refractivity contribution in [2.75, 3.05) is 14.2 Å². The average Bonchev–Trinajstić information content (AvgIpc) is 2.63. The molecule has 30 heavy (non-hydrogen) atoms. The van der Waals surface area contributed by atoms with Crippen LogP contribution in [0.1, 0.15) is 64.9 Å². The predicted octanol–water partition coefficient (Wildman–Crippen LogP) is 4.57. The van der Waals surface area contributed by atoms with Gasteiger partial charge in [-0.15, -0.1) is 0 Å². The normalized spacial score (nSPS) is 34.7. The second-order valence-electron chi connectivity index (χ2n) is 10.9. The van der Waals surface area contributed by atoms with Crippen LogP contribution in [0.2, 0.25) is 0 Å². The Morgan fingerprint density at radius 3 is 1.77 bits per heavy atom. The predicted molar refractivity (Wildman–Crippen MR) is 114 cm³/mol. The van der Waals surface area contributed by atoms with E-state index < -0.39 is 0 Å². The fraction of sp³-hybridized carbons (Fsp3) is 0.680. The lowest BCUT2D eigenvalue weighted by Crippen LogP contribution is -2.58. The number of carbonyl (C=O) groups is 2. The van der Waals surface area contributed by atoms with Crippen molar-refractivity contribution in [2.24, 2.45) is 22.7 Å². The molecule has 4 rings (SSSR count). The van der Waals surface area contributed by atoms with Crippen LogP contribution >= 0.6 is 0 Å². The summed E-state index contributed by atoms with van der Waals surface area (Å²) in [6.45, 7) is 8.55. The van der Waals surface area contributed by atoms with E-state index in [4.69, 9.17) is 14.2 Å². The molecule has 4 atom stereocenters. The van der Waals surface area contributed by atoms with E-state index in [-0.39, 0.29) is 52.4 Å². The molecule has 2 aliphatic carbocycles. The SMILES string of the molecule is COc1ccc(C2C3C(=O)CC(C)(C)CC3OC3CC(C)(C)CC(=O)C32)cc1OC. The molecule has 1 aromatic carbocycles. The Hall–Kier alpha value is -1.88. The molecule has 5 nitrogen and oxygen atoms in total. The molecule has 3 fully saturated rings. The molecule has 4 unspecified atom stereocenters. The Morgan fingerprint density at radius 2 is 1.30 bits per heavy atom. The maximum Gasteiger partial charge on any atom is 0.160 e. The topological polar surface area (TPSA) is 61.8 Å². The maximum absolute atomic E-state index is 13.4. The van der Waals surface area contributed by atoms with Crippen molar-refractivity contribution in [2.45, 2.75) is 71.5 Å². The first-order chi connectivity index (χ1) is 14.0. The Kier molecular flexibility index (Phi) is 5.24. The monoisotopic (exact) mass is 414 g/mol. The lowest BCUT2D eigenvalue weighted by molar-refractivity contribution is -0.186. The number of carbonyl (C=O) groups excluding carboxylic acids is 2.